The van der Waals surface area contributed by atoms with Gasteiger partial charge < -0.3 is 24.8 Å². The van der Waals surface area contributed by atoms with Gasteiger partial charge in [0.05, 0.1) is 20.8 Å². The van der Waals surface area contributed by atoms with Gasteiger partial charge in [0.1, 0.15) is 17.9 Å². The number of ether oxygens (including phenoxy) is 1. The first-order valence-electron chi connectivity index (χ1n) is 14.5. The average molecular weight is 649 g/mol. The minimum atomic E-state index is -0.649. The van der Waals surface area contributed by atoms with Crippen molar-refractivity contribution < 1.29 is 13.9 Å². The van der Waals surface area contributed by atoms with Gasteiger partial charge >= 0.3 is 0 Å². The van der Waals surface area contributed by atoms with Crippen LogP contribution in [0, 0.1) is 5.82 Å². The van der Waals surface area contributed by atoms with Crippen LogP contribution in [0.1, 0.15) is 13.8 Å². The standard InChI is InChI=1S/C30H33Cl3FN7O2/c1-4-22(42)39-8-10-40(11-9-39)29-18-13-19(31)23-24-25(34)20(32)14-21(33)27(24)35-7-12-43-28(23)26(18)36-30(37-29)41-15-17(16-41)38(5-2)6-3/h4,13-14,17,35H,1,5-12,15-16H2,2-3H3. The van der Waals surface area contributed by atoms with Crippen molar-refractivity contribution >= 4 is 69.1 Å². The van der Waals surface area contributed by atoms with Crippen LogP contribution < -0.4 is 19.9 Å². The lowest BCUT2D eigenvalue weighted by Crippen LogP contribution is -2.60. The summed E-state index contributed by atoms with van der Waals surface area (Å²) in [5.74, 6) is 0.863. The van der Waals surface area contributed by atoms with Crippen molar-refractivity contribution in [2.75, 3.05) is 80.6 Å². The topological polar surface area (TPSA) is 77.1 Å². The molecule has 1 N–H and O–H groups in total. The largest absolute Gasteiger partial charge is 0.489 e. The number of halogens is 4. The molecule has 6 rings (SSSR count). The molecular formula is C30H33Cl3FN7O2. The molecule has 2 fully saturated rings. The Morgan fingerprint density at radius 3 is 2.47 bits per heavy atom. The molecule has 1 aromatic heterocycles. The summed E-state index contributed by atoms with van der Waals surface area (Å²) in [6, 6.07) is 3.55. The van der Waals surface area contributed by atoms with Crippen molar-refractivity contribution in [2.24, 2.45) is 0 Å². The zero-order valence-electron chi connectivity index (χ0n) is 24.1. The van der Waals surface area contributed by atoms with Crippen LogP contribution in [0.4, 0.5) is 21.8 Å². The van der Waals surface area contributed by atoms with Gasteiger partial charge in [-0.05, 0) is 31.3 Å². The molecule has 43 heavy (non-hydrogen) atoms. The van der Waals surface area contributed by atoms with E-state index in [0.29, 0.717) is 78.4 Å². The molecule has 3 aliphatic heterocycles. The van der Waals surface area contributed by atoms with Gasteiger partial charge in [-0.2, -0.15) is 4.98 Å². The number of rotatable bonds is 6. The van der Waals surface area contributed by atoms with Gasteiger partial charge in [-0.15, -0.1) is 0 Å². The fraction of sp³-hybridized carbons (Fsp3) is 0.433. The van der Waals surface area contributed by atoms with Crippen molar-refractivity contribution in [3.63, 3.8) is 0 Å². The average Bonchev–Trinajstić information content (AvgIpc) is 2.97. The van der Waals surface area contributed by atoms with Crippen LogP contribution in [0.25, 0.3) is 22.0 Å². The molecule has 3 aromatic rings. The summed E-state index contributed by atoms with van der Waals surface area (Å²) in [5.41, 5.74) is 1.40. The Kier molecular flexibility index (Phi) is 8.48. The normalized spacial score (nSPS) is 17.0. The molecule has 2 saturated heterocycles. The fourth-order valence-corrected chi connectivity index (χ4v) is 6.94. The Bertz CT molecular complexity index is 1590. The predicted octanol–water partition coefficient (Wildman–Crippen LogP) is 5.57. The second-order valence-corrected chi connectivity index (χ2v) is 12.0. The third-order valence-corrected chi connectivity index (χ3v) is 9.35. The predicted molar refractivity (Wildman–Crippen MR) is 172 cm³/mol. The number of hydrogen-bond acceptors (Lipinski definition) is 8. The van der Waals surface area contributed by atoms with E-state index in [4.69, 9.17) is 49.5 Å². The highest BCUT2D eigenvalue weighted by molar-refractivity contribution is 6.39. The van der Waals surface area contributed by atoms with E-state index in [1.54, 1.807) is 11.0 Å². The van der Waals surface area contributed by atoms with Gasteiger partial charge in [0, 0.05) is 68.4 Å². The Labute approximate surface area is 265 Å². The number of aromatic nitrogens is 2. The summed E-state index contributed by atoms with van der Waals surface area (Å²) >= 11 is 19.8. The van der Waals surface area contributed by atoms with Crippen LogP contribution in [-0.2, 0) is 4.79 Å². The summed E-state index contributed by atoms with van der Waals surface area (Å²) in [4.78, 5) is 30.8. The summed E-state index contributed by atoms with van der Waals surface area (Å²) < 4.78 is 22.1. The number of benzene rings is 2. The Balaban J connectivity index is 1.52. The van der Waals surface area contributed by atoms with Crippen LogP contribution in [0.5, 0.6) is 5.75 Å². The highest BCUT2D eigenvalue weighted by Crippen LogP contribution is 2.50. The molecule has 228 valence electrons. The second-order valence-electron chi connectivity index (χ2n) is 10.8. The Morgan fingerprint density at radius 2 is 1.79 bits per heavy atom. The maximum absolute atomic E-state index is 15.8. The van der Waals surface area contributed by atoms with Crippen molar-refractivity contribution in [1.82, 2.24) is 19.8 Å². The molecule has 0 spiro atoms. The lowest BCUT2D eigenvalue weighted by Gasteiger charge is -2.45. The van der Waals surface area contributed by atoms with Gasteiger partial charge in [-0.3, -0.25) is 9.69 Å². The third-order valence-electron chi connectivity index (χ3n) is 8.48. The molecule has 3 aliphatic rings. The number of carbonyl (C=O) groups excluding carboxylic acids is 1. The number of amides is 1. The fourth-order valence-electron chi connectivity index (χ4n) is 6.12. The monoisotopic (exact) mass is 647 g/mol. The first-order valence-corrected chi connectivity index (χ1v) is 15.6. The highest BCUT2D eigenvalue weighted by atomic mass is 35.5. The minimum absolute atomic E-state index is 0.0969. The number of piperazine rings is 1. The van der Waals surface area contributed by atoms with E-state index in [9.17, 15) is 4.79 Å². The first kappa shape index (κ1) is 30.0. The Hall–Kier alpha value is -3.05. The Morgan fingerprint density at radius 1 is 1.07 bits per heavy atom. The summed E-state index contributed by atoms with van der Waals surface area (Å²) in [5, 5.41) is 4.27. The summed E-state index contributed by atoms with van der Waals surface area (Å²) in [6.45, 7) is 14.3. The van der Waals surface area contributed by atoms with E-state index >= 15 is 4.39 Å². The number of likely N-dealkylation sites (N-methyl/N-ethyl adjacent to an activating group) is 1. The molecule has 13 heteroatoms. The number of carbonyl (C=O) groups is 1. The van der Waals surface area contributed by atoms with E-state index < -0.39 is 5.82 Å². The van der Waals surface area contributed by atoms with Crippen molar-refractivity contribution in [2.45, 2.75) is 19.9 Å². The zero-order chi connectivity index (χ0) is 30.4. The smallest absolute Gasteiger partial charge is 0.246 e. The maximum atomic E-state index is 15.8. The second kappa shape index (κ2) is 12.1. The van der Waals surface area contributed by atoms with Crippen molar-refractivity contribution in [3.8, 4) is 16.9 Å². The van der Waals surface area contributed by atoms with Gasteiger partial charge in [0.15, 0.2) is 11.6 Å². The molecule has 1 amide bonds. The third kappa shape index (κ3) is 5.32. The molecule has 9 nitrogen and oxygen atoms in total. The summed E-state index contributed by atoms with van der Waals surface area (Å²) in [7, 11) is 0. The van der Waals surface area contributed by atoms with Gasteiger partial charge in [-0.1, -0.05) is 55.2 Å². The molecule has 2 aromatic carbocycles. The molecule has 0 unspecified atom stereocenters. The zero-order valence-corrected chi connectivity index (χ0v) is 26.4. The lowest BCUT2D eigenvalue weighted by molar-refractivity contribution is -0.126. The maximum Gasteiger partial charge on any atom is 0.246 e. The van der Waals surface area contributed by atoms with E-state index in [1.807, 2.05) is 0 Å². The lowest BCUT2D eigenvalue weighted by atomic mass is 9.98. The number of nitrogens with zero attached hydrogens (tertiary/aromatic N) is 6. The molecule has 0 aliphatic carbocycles. The first-order chi connectivity index (χ1) is 20.7. The number of fused-ring (bicyclic) bond motifs is 5. The van der Waals surface area contributed by atoms with E-state index in [0.717, 1.165) is 26.2 Å². The molecular weight excluding hydrogens is 616 g/mol. The van der Waals surface area contributed by atoms with Gasteiger partial charge in [0.2, 0.25) is 11.9 Å². The van der Waals surface area contributed by atoms with Crippen molar-refractivity contribution in [3.05, 3.63) is 45.7 Å². The highest BCUT2D eigenvalue weighted by Gasteiger charge is 2.35. The van der Waals surface area contributed by atoms with E-state index in [2.05, 4.69) is 40.4 Å². The minimum Gasteiger partial charge on any atom is -0.489 e. The number of nitrogens with one attached hydrogen (secondary N) is 1. The van der Waals surface area contributed by atoms with E-state index in [-0.39, 0.29) is 33.1 Å². The summed E-state index contributed by atoms with van der Waals surface area (Å²) in [6.07, 6.45) is 1.34. The van der Waals surface area contributed by atoms with Crippen LogP contribution in [0.3, 0.4) is 0 Å². The molecule has 0 bridgehead atoms. The van der Waals surface area contributed by atoms with Gasteiger partial charge in [-0.25, -0.2) is 9.37 Å². The molecule has 0 radical (unpaired) electrons. The molecule has 4 heterocycles. The quantitative estimate of drug-likeness (QED) is 0.275. The van der Waals surface area contributed by atoms with E-state index in [1.165, 1.54) is 12.1 Å². The van der Waals surface area contributed by atoms with Crippen LogP contribution in [-0.4, -0.2) is 97.2 Å². The number of hydrogen-bond donors (Lipinski definition) is 1. The van der Waals surface area contributed by atoms with Crippen LogP contribution >= 0.6 is 34.8 Å². The van der Waals surface area contributed by atoms with Gasteiger partial charge in [0.25, 0.3) is 0 Å². The number of anilines is 3. The molecule has 0 atom stereocenters. The van der Waals surface area contributed by atoms with Crippen molar-refractivity contribution in [1.29, 1.82) is 0 Å². The molecule has 0 saturated carbocycles. The van der Waals surface area contributed by atoms with Crippen LogP contribution in [0.15, 0.2) is 24.8 Å². The van der Waals surface area contributed by atoms with Crippen LogP contribution in [0.2, 0.25) is 15.1 Å². The SMILES string of the molecule is C=CC(=O)N1CCN(c2nc(N3CC(N(CC)CC)C3)nc3c4c(c(Cl)cc23)-c2c(F)c(Cl)cc(Cl)c2NCCO4)CC1.